The molecule has 1 atom stereocenters. The summed E-state index contributed by atoms with van der Waals surface area (Å²) in [6, 6.07) is 0.539. The van der Waals surface area contributed by atoms with Gasteiger partial charge >= 0.3 is 0 Å². The molecule has 1 aliphatic rings. The molecule has 2 rings (SSSR count). The zero-order valence-electron chi connectivity index (χ0n) is 9.49. The minimum absolute atomic E-state index is 0.511. The van der Waals surface area contributed by atoms with Crippen LogP contribution in [0.3, 0.4) is 0 Å². The molecule has 90 valence electrons. The highest BCUT2D eigenvalue weighted by molar-refractivity contribution is 7.09. The number of halogens is 1. The summed E-state index contributed by atoms with van der Waals surface area (Å²) in [6.45, 7) is 5.84. The first-order chi connectivity index (χ1) is 7.83. The standard InChI is InChI=1S/C11H17ClN2OS/c1-2-10-7-15-4-3-14(10)6-11-13-9(5-12)8-16-11/h8,10H,2-7H2,1H3. The van der Waals surface area contributed by atoms with Gasteiger partial charge in [-0.25, -0.2) is 4.98 Å². The molecule has 0 aromatic carbocycles. The molecular formula is C11H17ClN2OS. The third-order valence-electron chi connectivity index (χ3n) is 2.90. The van der Waals surface area contributed by atoms with E-state index in [9.17, 15) is 0 Å². The van der Waals surface area contributed by atoms with Gasteiger partial charge in [0.2, 0.25) is 0 Å². The monoisotopic (exact) mass is 260 g/mol. The number of hydrogen-bond donors (Lipinski definition) is 0. The van der Waals surface area contributed by atoms with Gasteiger partial charge in [-0.15, -0.1) is 22.9 Å². The van der Waals surface area contributed by atoms with Crippen molar-refractivity contribution in [3.05, 3.63) is 16.1 Å². The Kier molecular flexibility index (Phi) is 4.58. The minimum atomic E-state index is 0.511. The Balaban J connectivity index is 1.96. The number of hydrogen-bond acceptors (Lipinski definition) is 4. The van der Waals surface area contributed by atoms with Crippen LogP contribution >= 0.6 is 22.9 Å². The van der Waals surface area contributed by atoms with E-state index in [-0.39, 0.29) is 0 Å². The number of alkyl halides is 1. The van der Waals surface area contributed by atoms with Crippen LogP contribution in [0.25, 0.3) is 0 Å². The molecule has 1 aliphatic heterocycles. The number of rotatable bonds is 4. The largest absolute Gasteiger partial charge is 0.378 e. The van der Waals surface area contributed by atoms with E-state index in [1.165, 1.54) is 0 Å². The van der Waals surface area contributed by atoms with Crippen LogP contribution < -0.4 is 0 Å². The van der Waals surface area contributed by atoms with E-state index in [0.29, 0.717) is 11.9 Å². The zero-order chi connectivity index (χ0) is 11.4. The van der Waals surface area contributed by atoms with Gasteiger partial charge in [-0.3, -0.25) is 4.90 Å². The average Bonchev–Trinajstić information content (AvgIpc) is 2.77. The maximum atomic E-state index is 5.75. The summed E-state index contributed by atoms with van der Waals surface area (Å²) in [5, 5.41) is 3.21. The van der Waals surface area contributed by atoms with E-state index < -0.39 is 0 Å². The number of morpholine rings is 1. The highest BCUT2D eigenvalue weighted by atomic mass is 35.5. The second-order valence-corrected chi connectivity index (χ2v) is 5.18. The van der Waals surface area contributed by atoms with Crippen LogP contribution in [0.4, 0.5) is 0 Å². The molecule has 16 heavy (non-hydrogen) atoms. The molecule has 0 bridgehead atoms. The number of thiazole rings is 1. The quantitative estimate of drug-likeness (QED) is 0.778. The van der Waals surface area contributed by atoms with E-state index in [0.717, 1.165) is 43.4 Å². The van der Waals surface area contributed by atoms with Gasteiger partial charge in [0.05, 0.1) is 31.3 Å². The summed E-state index contributed by atoms with van der Waals surface area (Å²) >= 11 is 7.45. The molecule has 0 aliphatic carbocycles. The van der Waals surface area contributed by atoms with Crippen molar-refractivity contribution in [2.24, 2.45) is 0 Å². The molecule has 0 amide bonds. The first-order valence-electron chi connectivity index (χ1n) is 5.64. The van der Waals surface area contributed by atoms with Gasteiger partial charge in [0.25, 0.3) is 0 Å². The Morgan fingerprint density at radius 3 is 3.25 bits per heavy atom. The average molecular weight is 261 g/mol. The van der Waals surface area contributed by atoms with Gasteiger partial charge in [0, 0.05) is 18.0 Å². The molecule has 0 spiro atoms. The van der Waals surface area contributed by atoms with Crippen molar-refractivity contribution in [2.45, 2.75) is 31.8 Å². The Morgan fingerprint density at radius 1 is 1.69 bits per heavy atom. The highest BCUT2D eigenvalue weighted by Gasteiger charge is 2.22. The summed E-state index contributed by atoms with van der Waals surface area (Å²) in [7, 11) is 0. The van der Waals surface area contributed by atoms with Gasteiger partial charge in [-0.05, 0) is 6.42 Å². The number of nitrogens with zero attached hydrogens (tertiary/aromatic N) is 2. The number of ether oxygens (including phenoxy) is 1. The van der Waals surface area contributed by atoms with Crippen molar-refractivity contribution >= 4 is 22.9 Å². The molecule has 1 fully saturated rings. The summed E-state index contributed by atoms with van der Waals surface area (Å²) in [4.78, 5) is 6.95. The SMILES string of the molecule is CCC1COCCN1Cc1nc(CCl)cs1. The topological polar surface area (TPSA) is 25.4 Å². The summed E-state index contributed by atoms with van der Waals surface area (Å²) in [5.74, 6) is 0.511. The van der Waals surface area contributed by atoms with Crippen LogP contribution in [0.2, 0.25) is 0 Å². The predicted molar refractivity (Wildman–Crippen MR) is 67.0 cm³/mol. The predicted octanol–water partition coefficient (Wildman–Crippen LogP) is 2.49. The Hall–Kier alpha value is -0.160. The molecule has 1 aromatic heterocycles. The molecule has 5 heteroatoms. The van der Waals surface area contributed by atoms with Crippen molar-refractivity contribution in [1.82, 2.24) is 9.88 Å². The minimum Gasteiger partial charge on any atom is -0.378 e. The van der Waals surface area contributed by atoms with Gasteiger partial charge in [-0.1, -0.05) is 6.92 Å². The Bertz CT molecular complexity index is 332. The second-order valence-electron chi connectivity index (χ2n) is 3.97. The fraction of sp³-hybridized carbons (Fsp3) is 0.727. The van der Waals surface area contributed by atoms with Crippen molar-refractivity contribution < 1.29 is 4.74 Å². The number of aromatic nitrogens is 1. The molecule has 2 heterocycles. The van der Waals surface area contributed by atoms with E-state index in [4.69, 9.17) is 16.3 Å². The molecular weight excluding hydrogens is 244 g/mol. The van der Waals surface area contributed by atoms with Crippen LogP contribution in [0.5, 0.6) is 0 Å². The fourth-order valence-corrected chi connectivity index (χ4v) is 2.98. The van der Waals surface area contributed by atoms with Gasteiger partial charge in [0.15, 0.2) is 0 Å². The Morgan fingerprint density at radius 2 is 2.56 bits per heavy atom. The zero-order valence-corrected chi connectivity index (χ0v) is 11.1. The summed E-state index contributed by atoms with van der Waals surface area (Å²) < 4.78 is 5.49. The van der Waals surface area contributed by atoms with Crippen LogP contribution in [-0.2, 0) is 17.2 Å². The highest BCUT2D eigenvalue weighted by Crippen LogP contribution is 2.18. The lowest BCUT2D eigenvalue weighted by atomic mass is 10.2. The first-order valence-corrected chi connectivity index (χ1v) is 7.06. The molecule has 3 nitrogen and oxygen atoms in total. The second kappa shape index (κ2) is 5.96. The van der Waals surface area contributed by atoms with Crippen molar-refractivity contribution in [1.29, 1.82) is 0 Å². The van der Waals surface area contributed by atoms with E-state index >= 15 is 0 Å². The van der Waals surface area contributed by atoms with Crippen molar-refractivity contribution in [2.75, 3.05) is 19.8 Å². The maximum Gasteiger partial charge on any atom is 0.107 e. The lowest BCUT2D eigenvalue weighted by Gasteiger charge is -2.34. The lowest BCUT2D eigenvalue weighted by Crippen LogP contribution is -2.44. The van der Waals surface area contributed by atoms with Gasteiger partial charge in [-0.2, -0.15) is 0 Å². The first kappa shape index (κ1) is 12.3. The smallest absolute Gasteiger partial charge is 0.107 e. The van der Waals surface area contributed by atoms with Crippen LogP contribution in [0.1, 0.15) is 24.0 Å². The Labute approximate surface area is 105 Å². The third-order valence-corrected chi connectivity index (χ3v) is 4.05. The molecule has 1 saturated heterocycles. The molecule has 0 radical (unpaired) electrons. The molecule has 1 aromatic rings. The third kappa shape index (κ3) is 2.94. The molecule has 0 saturated carbocycles. The van der Waals surface area contributed by atoms with Gasteiger partial charge < -0.3 is 4.74 Å². The van der Waals surface area contributed by atoms with Crippen LogP contribution in [-0.4, -0.2) is 35.7 Å². The van der Waals surface area contributed by atoms with Crippen LogP contribution in [0.15, 0.2) is 5.38 Å². The summed E-state index contributed by atoms with van der Waals surface area (Å²) in [6.07, 6.45) is 1.13. The maximum absolute atomic E-state index is 5.75. The van der Waals surface area contributed by atoms with Crippen LogP contribution in [0, 0.1) is 0 Å². The fourth-order valence-electron chi connectivity index (χ4n) is 1.93. The lowest BCUT2D eigenvalue weighted by molar-refractivity contribution is -0.0127. The summed E-state index contributed by atoms with van der Waals surface area (Å²) in [5.41, 5.74) is 0.989. The molecule has 0 N–H and O–H groups in total. The van der Waals surface area contributed by atoms with E-state index in [1.54, 1.807) is 11.3 Å². The van der Waals surface area contributed by atoms with Gasteiger partial charge in [0.1, 0.15) is 5.01 Å². The van der Waals surface area contributed by atoms with E-state index in [2.05, 4.69) is 16.8 Å². The van der Waals surface area contributed by atoms with Crippen molar-refractivity contribution in [3.63, 3.8) is 0 Å². The van der Waals surface area contributed by atoms with E-state index in [1.807, 2.05) is 5.38 Å². The van der Waals surface area contributed by atoms with Crippen molar-refractivity contribution in [3.8, 4) is 0 Å². The normalized spacial score (nSPS) is 22.5. The molecule has 1 unspecified atom stereocenters.